The van der Waals surface area contributed by atoms with E-state index in [-0.39, 0.29) is 17.3 Å². The number of rotatable bonds is 9. The maximum absolute atomic E-state index is 13.2. The van der Waals surface area contributed by atoms with Crippen LogP contribution >= 0.6 is 0 Å². The zero-order valence-electron chi connectivity index (χ0n) is 19.6. The summed E-state index contributed by atoms with van der Waals surface area (Å²) in [4.78, 5) is 17.6. The Morgan fingerprint density at radius 1 is 1.09 bits per heavy atom. The predicted molar refractivity (Wildman–Crippen MR) is 129 cm³/mol. The number of anilines is 2. The fourth-order valence-electron chi connectivity index (χ4n) is 5.03. The van der Waals surface area contributed by atoms with E-state index in [2.05, 4.69) is 27.4 Å². The molecule has 1 aromatic carbocycles. The number of ether oxygens (including phenoxy) is 1. The molecule has 0 unspecified atom stereocenters. The summed E-state index contributed by atoms with van der Waals surface area (Å²) >= 11 is 0. The van der Waals surface area contributed by atoms with Gasteiger partial charge in [0.25, 0.3) is 0 Å². The van der Waals surface area contributed by atoms with Gasteiger partial charge < -0.3 is 20.3 Å². The fourth-order valence-corrected chi connectivity index (χ4v) is 6.47. The minimum absolute atomic E-state index is 0.155. The Morgan fingerprint density at radius 2 is 1.85 bits per heavy atom. The van der Waals surface area contributed by atoms with E-state index in [4.69, 9.17) is 4.74 Å². The van der Waals surface area contributed by atoms with Crippen molar-refractivity contribution in [3.05, 3.63) is 18.2 Å². The summed E-state index contributed by atoms with van der Waals surface area (Å²) in [6.45, 7) is 8.61. The summed E-state index contributed by atoms with van der Waals surface area (Å²) in [5, 5.41) is 6.28. The molecule has 33 heavy (non-hydrogen) atoms. The highest BCUT2D eigenvalue weighted by molar-refractivity contribution is 7.89. The number of likely N-dealkylation sites (N-methyl/N-ethyl adjacent to an activating group) is 1. The smallest absolute Gasteiger partial charge is 0.243 e. The largest absolute Gasteiger partial charge is 0.379 e. The van der Waals surface area contributed by atoms with Gasteiger partial charge in [0, 0.05) is 38.8 Å². The monoisotopic (exact) mass is 479 g/mol. The molecule has 2 N–H and O–H groups in total. The van der Waals surface area contributed by atoms with Crippen LogP contribution in [-0.2, 0) is 19.6 Å². The van der Waals surface area contributed by atoms with Gasteiger partial charge in [-0.25, -0.2) is 8.42 Å². The van der Waals surface area contributed by atoms with Gasteiger partial charge in [-0.3, -0.25) is 9.69 Å². The van der Waals surface area contributed by atoms with Crippen LogP contribution in [0.2, 0.25) is 0 Å². The highest BCUT2D eigenvalue weighted by atomic mass is 32.2. The van der Waals surface area contributed by atoms with Crippen molar-refractivity contribution in [3.63, 3.8) is 0 Å². The molecule has 0 aromatic heterocycles. The number of sulfonamides is 1. The van der Waals surface area contributed by atoms with Crippen LogP contribution < -0.4 is 15.5 Å². The lowest BCUT2D eigenvalue weighted by atomic mass is 10.2. The Labute approximate surface area is 197 Å². The van der Waals surface area contributed by atoms with Crippen LogP contribution in [-0.4, -0.2) is 95.1 Å². The van der Waals surface area contributed by atoms with Gasteiger partial charge in [-0.05, 0) is 57.0 Å². The summed E-state index contributed by atoms with van der Waals surface area (Å²) in [6.07, 6.45) is 4.55. The van der Waals surface area contributed by atoms with Gasteiger partial charge in [0.2, 0.25) is 15.9 Å². The molecule has 0 radical (unpaired) electrons. The zero-order chi connectivity index (χ0) is 23.3. The van der Waals surface area contributed by atoms with Gasteiger partial charge in [0.15, 0.2) is 0 Å². The van der Waals surface area contributed by atoms with Crippen molar-refractivity contribution in [1.29, 1.82) is 0 Å². The normalized spacial score (nSPS) is 22.7. The number of nitrogens with zero attached hydrogens (tertiary/aromatic N) is 3. The predicted octanol–water partition coefficient (Wildman–Crippen LogP) is 1.32. The number of carbonyl (C=O) groups excluding carboxylic acids is 1. The summed E-state index contributed by atoms with van der Waals surface area (Å²) in [5.74, 6) is -0.155. The Balaban J connectivity index is 1.46. The Morgan fingerprint density at radius 3 is 2.58 bits per heavy atom. The summed E-state index contributed by atoms with van der Waals surface area (Å²) in [7, 11) is -3.64. The standard InChI is InChI=1S/C23H37N5O4S/c1-2-26-11-5-6-19(26)17-24-18-23(29)25-21-16-20(7-8-22(21)27-9-3-4-10-27)33(30,31)28-12-14-32-15-13-28/h7-8,16,19,24H,2-6,9-15,17-18H2,1H3,(H,25,29)/t19-/m0/s1. The van der Waals surface area contributed by atoms with Gasteiger partial charge >= 0.3 is 0 Å². The highest BCUT2D eigenvalue weighted by Crippen LogP contribution is 2.32. The molecule has 10 heteroatoms. The lowest BCUT2D eigenvalue weighted by molar-refractivity contribution is -0.115. The van der Waals surface area contributed by atoms with Crippen LogP contribution in [0.1, 0.15) is 32.6 Å². The number of morpholine rings is 1. The van der Waals surface area contributed by atoms with Crippen LogP contribution in [0.3, 0.4) is 0 Å². The molecule has 4 rings (SSSR count). The first-order valence-corrected chi connectivity index (χ1v) is 13.6. The molecule has 3 fully saturated rings. The summed E-state index contributed by atoms with van der Waals surface area (Å²) < 4.78 is 33.1. The van der Waals surface area contributed by atoms with E-state index in [9.17, 15) is 13.2 Å². The zero-order valence-corrected chi connectivity index (χ0v) is 20.4. The van der Waals surface area contributed by atoms with Crippen molar-refractivity contribution < 1.29 is 17.9 Å². The van der Waals surface area contributed by atoms with Crippen molar-refractivity contribution in [2.45, 2.75) is 43.5 Å². The molecule has 0 bridgehead atoms. The third kappa shape index (κ3) is 5.86. The van der Waals surface area contributed by atoms with E-state index in [0.29, 0.717) is 38.0 Å². The van der Waals surface area contributed by atoms with Crippen molar-refractivity contribution in [2.24, 2.45) is 0 Å². The molecule has 3 aliphatic heterocycles. The average Bonchev–Trinajstić information content (AvgIpc) is 3.52. The molecule has 3 saturated heterocycles. The molecule has 0 saturated carbocycles. The number of benzene rings is 1. The maximum Gasteiger partial charge on any atom is 0.243 e. The first-order valence-electron chi connectivity index (χ1n) is 12.2. The van der Waals surface area contributed by atoms with E-state index in [0.717, 1.165) is 57.7 Å². The second kappa shape index (κ2) is 11.1. The third-order valence-electron chi connectivity index (χ3n) is 6.87. The number of amides is 1. The first kappa shape index (κ1) is 24.4. The van der Waals surface area contributed by atoms with Crippen molar-refractivity contribution in [2.75, 3.05) is 75.8 Å². The van der Waals surface area contributed by atoms with Crippen LogP contribution in [0.25, 0.3) is 0 Å². The third-order valence-corrected chi connectivity index (χ3v) is 8.76. The second-order valence-electron chi connectivity index (χ2n) is 8.99. The Kier molecular flexibility index (Phi) is 8.24. The maximum atomic E-state index is 13.2. The van der Waals surface area contributed by atoms with Crippen LogP contribution in [0.4, 0.5) is 11.4 Å². The molecule has 1 atom stereocenters. The topological polar surface area (TPSA) is 94.2 Å². The highest BCUT2D eigenvalue weighted by Gasteiger charge is 2.28. The summed E-state index contributed by atoms with van der Waals surface area (Å²) in [6, 6.07) is 5.59. The van der Waals surface area contributed by atoms with Gasteiger partial charge in [0.05, 0.1) is 36.0 Å². The van der Waals surface area contributed by atoms with E-state index in [1.54, 1.807) is 12.1 Å². The van der Waals surface area contributed by atoms with E-state index >= 15 is 0 Å². The van der Waals surface area contributed by atoms with E-state index in [1.807, 2.05) is 6.07 Å². The van der Waals surface area contributed by atoms with Crippen molar-refractivity contribution in [3.8, 4) is 0 Å². The first-order chi connectivity index (χ1) is 16.0. The molecule has 184 valence electrons. The number of carbonyl (C=O) groups is 1. The minimum atomic E-state index is -3.64. The molecular formula is C23H37N5O4S. The molecule has 1 amide bonds. The molecular weight excluding hydrogens is 442 g/mol. The van der Waals surface area contributed by atoms with Gasteiger partial charge in [-0.2, -0.15) is 4.31 Å². The lowest BCUT2D eigenvalue weighted by Crippen LogP contribution is -2.41. The Bertz CT molecular complexity index is 913. The van der Waals surface area contributed by atoms with Gasteiger partial charge in [-0.1, -0.05) is 6.92 Å². The second-order valence-corrected chi connectivity index (χ2v) is 10.9. The average molecular weight is 480 g/mol. The van der Waals surface area contributed by atoms with Crippen molar-refractivity contribution >= 4 is 27.3 Å². The van der Waals surface area contributed by atoms with E-state index in [1.165, 1.54) is 10.7 Å². The van der Waals surface area contributed by atoms with Crippen LogP contribution in [0, 0.1) is 0 Å². The number of hydrogen-bond donors (Lipinski definition) is 2. The molecule has 3 heterocycles. The number of nitrogens with one attached hydrogen (secondary N) is 2. The lowest BCUT2D eigenvalue weighted by Gasteiger charge is -2.27. The number of hydrogen-bond acceptors (Lipinski definition) is 7. The molecule has 1 aromatic rings. The minimum Gasteiger partial charge on any atom is -0.379 e. The molecule has 3 aliphatic rings. The molecule has 0 spiro atoms. The van der Waals surface area contributed by atoms with Crippen molar-refractivity contribution in [1.82, 2.24) is 14.5 Å². The fraction of sp³-hybridized carbons (Fsp3) is 0.696. The van der Waals surface area contributed by atoms with Crippen LogP contribution in [0.5, 0.6) is 0 Å². The Hall–Kier alpha value is -1.72. The SMILES string of the molecule is CCN1CCC[C@H]1CNCC(=O)Nc1cc(S(=O)(=O)N2CCOCC2)ccc1N1CCCC1. The van der Waals surface area contributed by atoms with E-state index < -0.39 is 10.0 Å². The van der Waals surface area contributed by atoms with Gasteiger partial charge in [0.1, 0.15) is 0 Å². The molecule has 0 aliphatic carbocycles. The molecule has 9 nitrogen and oxygen atoms in total. The quantitative estimate of drug-likeness (QED) is 0.552. The summed E-state index contributed by atoms with van der Waals surface area (Å²) in [5.41, 5.74) is 1.45. The van der Waals surface area contributed by atoms with Crippen LogP contribution in [0.15, 0.2) is 23.1 Å². The van der Waals surface area contributed by atoms with Gasteiger partial charge in [-0.15, -0.1) is 0 Å². The number of likely N-dealkylation sites (tertiary alicyclic amines) is 1.